The molecule has 0 aliphatic rings. The number of nitrogens with zero attached hydrogens (tertiary/aromatic N) is 2. The van der Waals surface area contributed by atoms with Crippen molar-refractivity contribution in [3.63, 3.8) is 0 Å². The van der Waals surface area contributed by atoms with Gasteiger partial charge in [0.15, 0.2) is 0 Å². The van der Waals surface area contributed by atoms with Crippen LogP contribution in [0.5, 0.6) is 5.75 Å². The minimum absolute atomic E-state index is 0.569. The second-order valence-corrected chi connectivity index (χ2v) is 4.70. The van der Waals surface area contributed by atoms with Crippen LogP contribution in [0, 0.1) is 0 Å². The summed E-state index contributed by atoms with van der Waals surface area (Å²) >= 11 is 1.36. The maximum absolute atomic E-state index is 5.70. The predicted octanol–water partition coefficient (Wildman–Crippen LogP) is 3.78. The molecular formula is C15H12N2OS. The van der Waals surface area contributed by atoms with Crippen LogP contribution in [0.1, 0.15) is 5.56 Å². The molecule has 0 fully saturated rings. The molecular weight excluding hydrogens is 256 g/mol. The van der Waals surface area contributed by atoms with E-state index in [4.69, 9.17) is 4.74 Å². The largest absolute Gasteiger partial charge is 0.489 e. The van der Waals surface area contributed by atoms with E-state index in [1.54, 1.807) is 0 Å². The zero-order valence-corrected chi connectivity index (χ0v) is 11.0. The Morgan fingerprint density at radius 2 is 1.74 bits per heavy atom. The summed E-state index contributed by atoms with van der Waals surface area (Å²) in [6.07, 6.45) is 0. The van der Waals surface area contributed by atoms with E-state index in [1.807, 2.05) is 47.8 Å². The van der Waals surface area contributed by atoms with Gasteiger partial charge in [-0.25, -0.2) is 0 Å². The molecule has 0 bridgehead atoms. The van der Waals surface area contributed by atoms with Gasteiger partial charge in [0.2, 0.25) is 0 Å². The summed E-state index contributed by atoms with van der Waals surface area (Å²) in [5.41, 5.74) is 3.13. The van der Waals surface area contributed by atoms with Gasteiger partial charge >= 0.3 is 0 Å². The molecule has 0 spiro atoms. The van der Waals surface area contributed by atoms with E-state index in [2.05, 4.69) is 21.7 Å². The fourth-order valence-corrected chi connectivity index (χ4v) is 2.21. The average molecular weight is 268 g/mol. The molecule has 0 saturated carbocycles. The van der Waals surface area contributed by atoms with E-state index in [0.29, 0.717) is 6.61 Å². The highest BCUT2D eigenvalue weighted by Crippen LogP contribution is 2.19. The molecule has 1 aromatic heterocycles. The van der Waals surface area contributed by atoms with Crippen LogP contribution in [-0.4, -0.2) is 9.59 Å². The number of hydrogen-bond acceptors (Lipinski definition) is 4. The molecule has 2 aromatic carbocycles. The van der Waals surface area contributed by atoms with Gasteiger partial charge in [0.05, 0.1) is 0 Å². The number of hydrogen-bond donors (Lipinski definition) is 0. The van der Waals surface area contributed by atoms with Gasteiger partial charge in [-0.3, -0.25) is 0 Å². The maximum atomic E-state index is 5.70. The van der Waals surface area contributed by atoms with Gasteiger partial charge in [0, 0.05) is 10.9 Å². The van der Waals surface area contributed by atoms with Gasteiger partial charge < -0.3 is 4.74 Å². The van der Waals surface area contributed by atoms with Crippen LogP contribution >= 0.6 is 11.5 Å². The van der Waals surface area contributed by atoms with Gasteiger partial charge in [-0.15, -0.1) is 5.10 Å². The molecule has 3 rings (SSSR count). The second kappa shape index (κ2) is 5.63. The molecule has 0 N–H and O–H groups in total. The summed E-state index contributed by atoms with van der Waals surface area (Å²) in [6, 6.07) is 18.0. The zero-order valence-electron chi connectivity index (χ0n) is 10.2. The maximum Gasteiger partial charge on any atom is 0.119 e. The standard InChI is InChI=1S/C15H12N2OS/c1-2-4-14(5-3-1)18-10-12-6-8-13(9-7-12)15-11-19-17-16-15/h1-9,11H,10H2. The Hall–Kier alpha value is -2.20. The molecule has 1 heterocycles. The summed E-state index contributed by atoms with van der Waals surface area (Å²) < 4.78 is 9.56. The van der Waals surface area contributed by atoms with Gasteiger partial charge in [-0.1, -0.05) is 47.0 Å². The molecule has 0 aliphatic carbocycles. The molecule has 3 aromatic rings. The first-order chi connectivity index (χ1) is 9.42. The molecule has 0 amide bonds. The number of aromatic nitrogens is 2. The van der Waals surface area contributed by atoms with E-state index in [-0.39, 0.29) is 0 Å². The summed E-state index contributed by atoms with van der Waals surface area (Å²) in [5.74, 6) is 0.885. The van der Waals surface area contributed by atoms with Gasteiger partial charge in [-0.05, 0) is 29.2 Å². The van der Waals surface area contributed by atoms with Crippen molar-refractivity contribution >= 4 is 11.5 Å². The van der Waals surface area contributed by atoms with Crippen molar-refractivity contribution in [3.05, 3.63) is 65.5 Å². The third-order valence-electron chi connectivity index (χ3n) is 2.76. The fraction of sp³-hybridized carbons (Fsp3) is 0.0667. The van der Waals surface area contributed by atoms with Crippen LogP contribution in [0.2, 0.25) is 0 Å². The number of benzene rings is 2. The fourth-order valence-electron chi connectivity index (χ4n) is 1.75. The molecule has 3 nitrogen and oxygen atoms in total. The van der Waals surface area contributed by atoms with E-state index in [9.17, 15) is 0 Å². The predicted molar refractivity (Wildman–Crippen MR) is 76.1 cm³/mol. The minimum atomic E-state index is 0.569. The average Bonchev–Trinajstić information content (AvgIpc) is 3.01. The van der Waals surface area contributed by atoms with Crippen molar-refractivity contribution in [2.45, 2.75) is 6.61 Å². The molecule has 4 heteroatoms. The Kier molecular flexibility index (Phi) is 3.51. The van der Waals surface area contributed by atoms with Crippen LogP contribution in [0.15, 0.2) is 60.0 Å². The minimum Gasteiger partial charge on any atom is -0.489 e. The SMILES string of the molecule is c1ccc(OCc2ccc(-c3csnn3)cc2)cc1. The summed E-state index contributed by atoms with van der Waals surface area (Å²) in [7, 11) is 0. The quantitative estimate of drug-likeness (QED) is 0.722. The lowest BCUT2D eigenvalue weighted by Crippen LogP contribution is -1.94. The second-order valence-electron chi connectivity index (χ2n) is 4.09. The smallest absolute Gasteiger partial charge is 0.119 e. The first-order valence-corrected chi connectivity index (χ1v) is 6.80. The summed E-state index contributed by atoms with van der Waals surface area (Å²) in [4.78, 5) is 0. The van der Waals surface area contributed by atoms with E-state index in [1.165, 1.54) is 11.5 Å². The monoisotopic (exact) mass is 268 g/mol. The third kappa shape index (κ3) is 2.98. The zero-order chi connectivity index (χ0) is 12.9. The highest BCUT2D eigenvalue weighted by molar-refractivity contribution is 7.03. The van der Waals surface area contributed by atoms with Crippen LogP contribution in [0.3, 0.4) is 0 Å². The Morgan fingerprint density at radius 1 is 0.947 bits per heavy atom. The number of para-hydroxylation sites is 1. The normalized spacial score (nSPS) is 10.3. The Balaban J connectivity index is 1.67. The van der Waals surface area contributed by atoms with Gasteiger partial charge in [-0.2, -0.15) is 0 Å². The number of rotatable bonds is 4. The van der Waals surface area contributed by atoms with Gasteiger partial charge in [0.25, 0.3) is 0 Å². The molecule has 94 valence electrons. The van der Waals surface area contributed by atoms with Crippen LogP contribution in [0.25, 0.3) is 11.3 Å². The lowest BCUT2D eigenvalue weighted by atomic mass is 10.1. The molecule has 19 heavy (non-hydrogen) atoms. The van der Waals surface area contributed by atoms with E-state index < -0.39 is 0 Å². The van der Waals surface area contributed by atoms with E-state index in [0.717, 1.165) is 22.6 Å². The van der Waals surface area contributed by atoms with E-state index >= 15 is 0 Å². The van der Waals surface area contributed by atoms with Crippen molar-refractivity contribution in [2.24, 2.45) is 0 Å². The first kappa shape index (κ1) is 11.9. The lowest BCUT2D eigenvalue weighted by Gasteiger charge is -2.06. The van der Waals surface area contributed by atoms with Crippen molar-refractivity contribution in [1.82, 2.24) is 9.59 Å². The van der Waals surface area contributed by atoms with Gasteiger partial charge in [0.1, 0.15) is 18.1 Å². The van der Waals surface area contributed by atoms with Crippen molar-refractivity contribution < 1.29 is 4.74 Å². The summed E-state index contributed by atoms with van der Waals surface area (Å²) in [5, 5.41) is 5.99. The third-order valence-corrected chi connectivity index (χ3v) is 3.26. The molecule has 0 radical (unpaired) electrons. The highest BCUT2D eigenvalue weighted by atomic mass is 32.1. The van der Waals surface area contributed by atoms with Crippen LogP contribution in [-0.2, 0) is 6.61 Å². The number of ether oxygens (including phenoxy) is 1. The Labute approximate surface area is 115 Å². The molecule has 0 unspecified atom stereocenters. The molecule has 0 atom stereocenters. The van der Waals surface area contributed by atoms with Crippen LogP contribution in [0.4, 0.5) is 0 Å². The molecule has 0 saturated heterocycles. The summed E-state index contributed by atoms with van der Waals surface area (Å²) in [6.45, 7) is 0.569. The Bertz CT molecular complexity index is 621. The Morgan fingerprint density at radius 3 is 2.42 bits per heavy atom. The molecule has 0 aliphatic heterocycles. The first-order valence-electron chi connectivity index (χ1n) is 5.96. The lowest BCUT2D eigenvalue weighted by molar-refractivity contribution is 0.306. The highest BCUT2D eigenvalue weighted by Gasteiger charge is 2.01. The topological polar surface area (TPSA) is 35.0 Å². The van der Waals surface area contributed by atoms with Crippen molar-refractivity contribution in [2.75, 3.05) is 0 Å². The van der Waals surface area contributed by atoms with Crippen molar-refractivity contribution in [3.8, 4) is 17.0 Å². The van der Waals surface area contributed by atoms with Crippen LogP contribution < -0.4 is 4.74 Å². The van der Waals surface area contributed by atoms with Crippen molar-refractivity contribution in [1.29, 1.82) is 0 Å².